The fourth-order valence-corrected chi connectivity index (χ4v) is 0.894. The SMILES string of the molecule is CCn1cc(C)c(C(=O)O)n1. The minimum absolute atomic E-state index is 0.145. The lowest BCUT2D eigenvalue weighted by molar-refractivity contribution is 0.0688. The molecule has 0 bridgehead atoms. The van der Waals surface area contributed by atoms with Crippen LogP contribution >= 0.6 is 0 Å². The molecule has 1 N–H and O–H groups in total. The Labute approximate surface area is 64.5 Å². The van der Waals surface area contributed by atoms with Gasteiger partial charge in [0, 0.05) is 18.3 Å². The van der Waals surface area contributed by atoms with E-state index in [2.05, 4.69) is 5.10 Å². The van der Waals surface area contributed by atoms with E-state index in [4.69, 9.17) is 5.11 Å². The maximum Gasteiger partial charge on any atom is 0.356 e. The lowest BCUT2D eigenvalue weighted by atomic mass is 10.3. The molecule has 0 aromatic carbocycles. The minimum Gasteiger partial charge on any atom is -0.476 e. The number of carboxylic acids is 1. The molecule has 0 saturated carbocycles. The molecule has 11 heavy (non-hydrogen) atoms. The number of rotatable bonds is 2. The molecule has 1 aromatic heterocycles. The highest BCUT2D eigenvalue weighted by molar-refractivity contribution is 5.86. The van der Waals surface area contributed by atoms with Crippen molar-refractivity contribution in [2.45, 2.75) is 20.4 Å². The van der Waals surface area contributed by atoms with E-state index in [-0.39, 0.29) is 5.69 Å². The van der Waals surface area contributed by atoms with E-state index in [1.165, 1.54) is 0 Å². The van der Waals surface area contributed by atoms with Crippen molar-refractivity contribution in [3.05, 3.63) is 17.5 Å². The minimum atomic E-state index is -0.963. The fourth-order valence-electron chi connectivity index (χ4n) is 0.894. The van der Waals surface area contributed by atoms with E-state index in [0.717, 1.165) is 0 Å². The summed E-state index contributed by atoms with van der Waals surface area (Å²) in [6, 6.07) is 0. The lowest BCUT2D eigenvalue weighted by Gasteiger charge is -1.89. The molecule has 0 atom stereocenters. The molecular weight excluding hydrogens is 144 g/mol. The Hall–Kier alpha value is -1.32. The average molecular weight is 154 g/mol. The van der Waals surface area contributed by atoms with Crippen LogP contribution in [0.3, 0.4) is 0 Å². The highest BCUT2D eigenvalue weighted by atomic mass is 16.4. The van der Waals surface area contributed by atoms with Crippen LogP contribution in [0.4, 0.5) is 0 Å². The highest BCUT2D eigenvalue weighted by Gasteiger charge is 2.10. The molecule has 0 aliphatic carbocycles. The van der Waals surface area contributed by atoms with Crippen molar-refractivity contribution in [3.63, 3.8) is 0 Å². The van der Waals surface area contributed by atoms with Gasteiger partial charge in [-0.05, 0) is 13.8 Å². The van der Waals surface area contributed by atoms with Gasteiger partial charge in [0.25, 0.3) is 0 Å². The molecule has 4 heteroatoms. The summed E-state index contributed by atoms with van der Waals surface area (Å²) in [5.41, 5.74) is 0.853. The summed E-state index contributed by atoms with van der Waals surface area (Å²) in [4.78, 5) is 10.5. The van der Waals surface area contributed by atoms with Crippen molar-refractivity contribution in [2.75, 3.05) is 0 Å². The Morgan fingerprint density at radius 1 is 1.82 bits per heavy atom. The van der Waals surface area contributed by atoms with Gasteiger partial charge in [0.05, 0.1) is 0 Å². The smallest absolute Gasteiger partial charge is 0.356 e. The molecule has 0 amide bonds. The van der Waals surface area contributed by atoms with Gasteiger partial charge in [-0.1, -0.05) is 0 Å². The largest absolute Gasteiger partial charge is 0.476 e. The van der Waals surface area contributed by atoms with E-state index >= 15 is 0 Å². The van der Waals surface area contributed by atoms with Crippen molar-refractivity contribution in [1.82, 2.24) is 9.78 Å². The molecule has 1 aromatic rings. The average Bonchev–Trinajstić information content (AvgIpc) is 2.30. The molecule has 0 saturated heterocycles. The number of carboxylic acid groups (broad SMARTS) is 1. The summed E-state index contributed by atoms with van der Waals surface area (Å²) in [6.07, 6.45) is 1.73. The second-order valence-electron chi connectivity index (χ2n) is 2.32. The van der Waals surface area contributed by atoms with Gasteiger partial charge in [0.1, 0.15) is 0 Å². The van der Waals surface area contributed by atoms with Crippen molar-refractivity contribution in [3.8, 4) is 0 Å². The van der Waals surface area contributed by atoms with Crippen LogP contribution in [0, 0.1) is 6.92 Å². The monoisotopic (exact) mass is 154 g/mol. The topological polar surface area (TPSA) is 55.1 Å². The van der Waals surface area contributed by atoms with Gasteiger partial charge in [0.2, 0.25) is 0 Å². The van der Waals surface area contributed by atoms with Crippen molar-refractivity contribution in [1.29, 1.82) is 0 Å². The van der Waals surface area contributed by atoms with Crippen LogP contribution in [0.2, 0.25) is 0 Å². The molecule has 0 radical (unpaired) electrons. The Morgan fingerprint density at radius 3 is 2.73 bits per heavy atom. The van der Waals surface area contributed by atoms with Gasteiger partial charge in [-0.25, -0.2) is 4.79 Å². The summed E-state index contributed by atoms with van der Waals surface area (Å²) >= 11 is 0. The molecule has 60 valence electrons. The highest BCUT2D eigenvalue weighted by Crippen LogP contribution is 2.04. The number of carbonyl (C=O) groups is 1. The predicted molar refractivity (Wildman–Crippen MR) is 39.6 cm³/mol. The van der Waals surface area contributed by atoms with Gasteiger partial charge in [0.15, 0.2) is 5.69 Å². The normalized spacial score (nSPS) is 10.0. The van der Waals surface area contributed by atoms with Crippen LogP contribution in [0.15, 0.2) is 6.20 Å². The van der Waals surface area contributed by atoms with Crippen LogP contribution in [0.25, 0.3) is 0 Å². The quantitative estimate of drug-likeness (QED) is 0.688. The number of aromatic carboxylic acids is 1. The number of hydrogen-bond donors (Lipinski definition) is 1. The first kappa shape index (κ1) is 7.78. The molecule has 0 unspecified atom stereocenters. The zero-order valence-corrected chi connectivity index (χ0v) is 6.53. The number of hydrogen-bond acceptors (Lipinski definition) is 2. The molecule has 0 aliphatic heterocycles. The third-order valence-electron chi connectivity index (χ3n) is 1.47. The van der Waals surface area contributed by atoms with Gasteiger partial charge in [-0.2, -0.15) is 5.10 Å². The zero-order chi connectivity index (χ0) is 8.43. The Balaban J connectivity index is 3.07. The Morgan fingerprint density at radius 2 is 2.45 bits per heavy atom. The van der Waals surface area contributed by atoms with Crippen molar-refractivity contribution in [2.24, 2.45) is 0 Å². The van der Waals surface area contributed by atoms with E-state index < -0.39 is 5.97 Å². The second-order valence-corrected chi connectivity index (χ2v) is 2.32. The first-order valence-electron chi connectivity index (χ1n) is 3.42. The lowest BCUT2D eigenvalue weighted by Crippen LogP contribution is -2.01. The Kier molecular flexibility index (Phi) is 1.94. The van der Waals surface area contributed by atoms with E-state index in [1.54, 1.807) is 17.8 Å². The zero-order valence-electron chi connectivity index (χ0n) is 6.53. The van der Waals surface area contributed by atoms with Gasteiger partial charge < -0.3 is 5.11 Å². The molecule has 4 nitrogen and oxygen atoms in total. The number of aromatic nitrogens is 2. The summed E-state index contributed by atoms with van der Waals surface area (Å²) < 4.78 is 1.61. The summed E-state index contributed by atoms with van der Waals surface area (Å²) in [5.74, 6) is -0.963. The first-order valence-corrected chi connectivity index (χ1v) is 3.42. The van der Waals surface area contributed by atoms with Crippen LogP contribution in [0.1, 0.15) is 23.0 Å². The van der Waals surface area contributed by atoms with Crippen LogP contribution in [-0.2, 0) is 6.54 Å². The van der Waals surface area contributed by atoms with Gasteiger partial charge >= 0.3 is 5.97 Å². The summed E-state index contributed by atoms with van der Waals surface area (Å²) in [7, 11) is 0. The third-order valence-corrected chi connectivity index (χ3v) is 1.47. The Bertz CT molecular complexity index is 278. The fraction of sp³-hybridized carbons (Fsp3) is 0.429. The standard InChI is InChI=1S/C7H10N2O2/c1-3-9-4-5(2)6(8-9)7(10)11/h4H,3H2,1-2H3,(H,10,11). The summed E-state index contributed by atoms with van der Waals surface area (Å²) in [5, 5.41) is 12.4. The second kappa shape index (κ2) is 2.74. The van der Waals surface area contributed by atoms with Gasteiger partial charge in [-0.15, -0.1) is 0 Å². The van der Waals surface area contributed by atoms with Crippen molar-refractivity contribution < 1.29 is 9.90 Å². The van der Waals surface area contributed by atoms with E-state index in [1.807, 2.05) is 6.92 Å². The molecule has 1 rings (SSSR count). The van der Waals surface area contributed by atoms with E-state index in [9.17, 15) is 4.79 Å². The maximum atomic E-state index is 10.5. The predicted octanol–water partition coefficient (Wildman–Crippen LogP) is 0.910. The number of aryl methyl sites for hydroxylation is 2. The summed E-state index contributed by atoms with van der Waals surface area (Å²) in [6.45, 7) is 4.36. The maximum absolute atomic E-state index is 10.5. The van der Waals surface area contributed by atoms with Crippen molar-refractivity contribution >= 4 is 5.97 Å². The third kappa shape index (κ3) is 1.39. The number of nitrogens with zero attached hydrogens (tertiary/aromatic N) is 2. The van der Waals surface area contributed by atoms with Gasteiger partial charge in [-0.3, -0.25) is 4.68 Å². The molecule has 0 spiro atoms. The molecular formula is C7H10N2O2. The molecule has 0 aliphatic rings. The van der Waals surface area contributed by atoms with Crippen LogP contribution < -0.4 is 0 Å². The van der Waals surface area contributed by atoms with Crippen LogP contribution in [-0.4, -0.2) is 20.9 Å². The molecule has 0 fully saturated rings. The first-order chi connectivity index (χ1) is 5.15. The van der Waals surface area contributed by atoms with E-state index in [0.29, 0.717) is 12.1 Å². The van der Waals surface area contributed by atoms with Crippen LogP contribution in [0.5, 0.6) is 0 Å². The molecule has 1 heterocycles.